The van der Waals surface area contributed by atoms with Gasteiger partial charge in [0.1, 0.15) is 42.3 Å². The third-order valence-corrected chi connectivity index (χ3v) is 7.58. The van der Waals surface area contributed by atoms with E-state index in [1.807, 2.05) is 104 Å². The standard InChI is InChI=1S/C40H36O7/c1-2-3-21-43-40-38(42)37-33(41)23-32(44-25-28-13-7-4-8-14-28)24-36(37)47-39(40)31-19-20-34(45-26-29-15-9-5-10-16-29)35(22-31)46-27-30-17-11-6-12-18-30/h4-20,22-24,41H,2-3,21,25-27H2,1H3. The molecule has 0 aliphatic rings. The molecule has 0 aliphatic carbocycles. The Morgan fingerprint density at radius 3 is 1.81 bits per heavy atom. The van der Waals surface area contributed by atoms with E-state index < -0.39 is 5.43 Å². The van der Waals surface area contributed by atoms with Crippen LogP contribution in [0.2, 0.25) is 0 Å². The zero-order chi connectivity index (χ0) is 32.4. The van der Waals surface area contributed by atoms with Gasteiger partial charge in [0.25, 0.3) is 0 Å². The molecule has 0 aliphatic heterocycles. The predicted molar refractivity (Wildman–Crippen MR) is 182 cm³/mol. The molecule has 0 bridgehead atoms. The summed E-state index contributed by atoms with van der Waals surface area (Å²) < 4.78 is 30.9. The van der Waals surface area contributed by atoms with Gasteiger partial charge in [0.05, 0.1) is 6.61 Å². The van der Waals surface area contributed by atoms with Crippen molar-refractivity contribution < 1.29 is 28.5 Å². The second-order valence-corrected chi connectivity index (χ2v) is 11.1. The van der Waals surface area contributed by atoms with Crippen LogP contribution in [-0.4, -0.2) is 11.7 Å². The molecule has 0 amide bonds. The van der Waals surface area contributed by atoms with Gasteiger partial charge in [0.2, 0.25) is 11.2 Å². The zero-order valence-electron chi connectivity index (χ0n) is 26.2. The minimum absolute atomic E-state index is 0.0196. The number of hydrogen-bond donors (Lipinski definition) is 1. The molecule has 6 rings (SSSR count). The van der Waals surface area contributed by atoms with E-state index in [-0.39, 0.29) is 34.8 Å². The molecule has 5 aromatic carbocycles. The van der Waals surface area contributed by atoms with Gasteiger partial charge in [-0.3, -0.25) is 4.79 Å². The molecule has 0 atom stereocenters. The molecule has 0 spiro atoms. The fourth-order valence-corrected chi connectivity index (χ4v) is 5.07. The first-order valence-corrected chi connectivity index (χ1v) is 15.7. The number of phenolic OH excluding ortho intramolecular Hbond substituents is 1. The lowest BCUT2D eigenvalue weighted by molar-refractivity contribution is 0.256. The van der Waals surface area contributed by atoms with E-state index in [2.05, 4.69) is 0 Å². The lowest BCUT2D eigenvalue weighted by atomic mass is 10.1. The molecule has 1 N–H and O–H groups in total. The highest BCUT2D eigenvalue weighted by atomic mass is 16.5. The van der Waals surface area contributed by atoms with Crippen molar-refractivity contribution in [3.05, 3.63) is 148 Å². The number of benzene rings is 5. The molecule has 7 nitrogen and oxygen atoms in total. The van der Waals surface area contributed by atoms with Gasteiger partial charge in [-0.05, 0) is 41.3 Å². The second kappa shape index (κ2) is 15.1. The number of ether oxygens (including phenoxy) is 4. The van der Waals surface area contributed by atoms with Crippen LogP contribution in [0.3, 0.4) is 0 Å². The summed E-state index contributed by atoms with van der Waals surface area (Å²) in [5, 5.41) is 11.0. The summed E-state index contributed by atoms with van der Waals surface area (Å²) in [5.74, 6) is 1.38. The number of phenols is 1. The number of unbranched alkanes of at least 4 members (excludes halogenated alkanes) is 1. The third kappa shape index (κ3) is 7.76. The average molecular weight is 629 g/mol. The van der Waals surface area contributed by atoms with E-state index in [1.54, 1.807) is 18.2 Å². The van der Waals surface area contributed by atoms with Gasteiger partial charge in [-0.15, -0.1) is 0 Å². The number of aromatic hydroxyl groups is 1. The molecule has 0 saturated heterocycles. The van der Waals surface area contributed by atoms with Gasteiger partial charge in [-0.25, -0.2) is 0 Å². The molecule has 7 heteroatoms. The largest absolute Gasteiger partial charge is 0.507 e. The number of hydrogen-bond acceptors (Lipinski definition) is 7. The molecule has 1 heterocycles. The number of rotatable bonds is 14. The zero-order valence-corrected chi connectivity index (χ0v) is 26.2. The van der Waals surface area contributed by atoms with E-state index in [9.17, 15) is 9.90 Å². The van der Waals surface area contributed by atoms with Gasteiger partial charge in [0.15, 0.2) is 17.3 Å². The van der Waals surface area contributed by atoms with Crippen LogP contribution in [0.25, 0.3) is 22.3 Å². The maximum Gasteiger partial charge on any atom is 0.239 e. The Kier molecular flexibility index (Phi) is 10.0. The smallest absolute Gasteiger partial charge is 0.239 e. The van der Waals surface area contributed by atoms with E-state index >= 15 is 0 Å². The van der Waals surface area contributed by atoms with Gasteiger partial charge in [-0.2, -0.15) is 0 Å². The Balaban J connectivity index is 1.40. The average Bonchev–Trinajstić information content (AvgIpc) is 3.11. The van der Waals surface area contributed by atoms with E-state index in [0.717, 1.165) is 29.5 Å². The molecular formula is C40H36O7. The van der Waals surface area contributed by atoms with Crippen molar-refractivity contribution >= 4 is 11.0 Å². The Labute approximate surface area is 273 Å². The van der Waals surface area contributed by atoms with Crippen LogP contribution in [0.1, 0.15) is 36.5 Å². The van der Waals surface area contributed by atoms with Gasteiger partial charge >= 0.3 is 0 Å². The number of fused-ring (bicyclic) bond motifs is 1. The summed E-state index contributed by atoms with van der Waals surface area (Å²) in [5.41, 5.74) is 3.23. The first-order valence-electron chi connectivity index (χ1n) is 15.7. The van der Waals surface area contributed by atoms with Crippen molar-refractivity contribution in [2.45, 2.75) is 39.6 Å². The molecule has 0 fully saturated rings. The minimum Gasteiger partial charge on any atom is -0.507 e. The highest BCUT2D eigenvalue weighted by Crippen LogP contribution is 2.40. The van der Waals surface area contributed by atoms with Crippen LogP contribution in [-0.2, 0) is 19.8 Å². The first kappa shape index (κ1) is 31.3. The maximum atomic E-state index is 13.9. The summed E-state index contributed by atoms with van der Waals surface area (Å²) >= 11 is 0. The van der Waals surface area contributed by atoms with Crippen molar-refractivity contribution in [2.24, 2.45) is 0 Å². The summed E-state index contributed by atoms with van der Waals surface area (Å²) in [6.45, 7) is 3.30. The predicted octanol–water partition coefficient (Wildman–Crippen LogP) is 9.08. The fourth-order valence-electron chi connectivity index (χ4n) is 5.07. The van der Waals surface area contributed by atoms with Gasteiger partial charge in [0, 0.05) is 17.7 Å². The molecule has 47 heavy (non-hydrogen) atoms. The lowest BCUT2D eigenvalue weighted by Gasteiger charge is -2.16. The topological polar surface area (TPSA) is 87.4 Å². The van der Waals surface area contributed by atoms with Crippen molar-refractivity contribution in [1.29, 1.82) is 0 Å². The first-order chi connectivity index (χ1) is 23.1. The molecule has 0 saturated carbocycles. The third-order valence-electron chi connectivity index (χ3n) is 7.58. The maximum absolute atomic E-state index is 13.9. The monoisotopic (exact) mass is 628 g/mol. The van der Waals surface area contributed by atoms with Gasteiger partial charge < -0.3 is 28.5 Å². The van der Waals surface area contributed by atoms with Crippen molar-refractivity contribution in [3.63, 3.8) is 0 Å². The fraction of sp³-hybridized carbons (Fsp3) is 0.175. The quantitative estimate of drug-likeness (QED) is 0.120. The summed E-state index contributed by atoms with van der Waals surface area (Å²) in [4.78, 5) is 13.9. The molecular weight excluding hydrogens is 592 g/mol. The van der Waals surface area contributed by atoms with Crippen LogP contribution in [0.4, 0.5) is 0 Å². The van der Waals surface area contributed by atoms with Crippen LogP contribution in [0.15, 0.2) is 131 Å². The highest BCUT2D eigenvalue weighted by Gasteiger charge is 2.22. The lowest BCUT2D eigenvalue weighted by Crippen LogP contribution is -2.11. The SMILES string of the molecule is CCCCOc1c(-c2ccc(OCc3ccccc3)c(OCc3ccccc3)c2)oc2cc(OCc3ccccc3)cc(O)c2c1=O. The van der Waals surface area contributed by atoms with E-state index in [1.165, 1.54) is 6.07 Å². The Bertz CT molecular complexity index is 1970. The highest BCUT2D eigenvalue weighted by molar-refractivity contribution is 5.88. The van der Waals surface area contributed by atoms with Gasteiger partial charge in [-0.1, -0.05) is 104 Å². The minimum atomic E-state index is -0.472. The van der Waals surface area contributed by atoms with Crippen LogP contribution in [0, 0.1) is 0 Å². The molecule has 0 unspecified atom stereocenters. The molecule has 1 aromatic heterocycles. The Morgan fingerprint density at radius 1 is 0.638 bits per heavy atom. The van der Waals surface area contributed by atoms with Crippen molar-refractivity contribution in [2.75, 3.05) is 6.61 Å². The van der Waals surface area contributed by atoms with E-state index in [4.69, 9.17) is 23.4 Å². The van der Waals surface area contributed by atoms with Crippen LogP contribution >= 0.6 is 0 Å². The Morgan fingerprint density at radius 2 is 1.21 bits per heavy atom. The summed E-state index contributed by atoms with van der Waals surface area (Å²) in [6, 6.07) is 37.8. The summed E-state index contributed by atoms with van der Waals surface area (Å²) in [7, 11) is 0. The molecule has 6 aromatic rings. The van der Waals surface area contributed by atoms with Crippen LogP contribution < -0.4 is 24.4 Å². The normalized spacial score (nSPS) is 10.9. The van der Waals surface area contributed by atoms with Crippen molar-refractivity contribution in [3.8, 4) is 40.1 Å². The summed E-state index contributed by atoms with van der Waals surface area (Å²) in [6.07, 6.45) is 1.62. The Hall–Kier alpha value is -5.69. The second-order valence-electron chi connectivity index (χ2n) is 11.1. The molecule has 238 valence electrons. The van der Waals surface area contributed by atoms with E-state index in [0.29, 0.717) is 42.6 Å². The molecule has 0 radical (unpaired) electrons. The van der Waals surface area contributed by atoms with Crippen molar-refractivity contribution in [1.82, 2.24) is 0 Å². The van der Waals surface area contributed by atoms with Crippen LogP contribution in [0.5, 0.6) is 28.7 Å².